The van der Waals surface area contributed by atoms with Gasteiger partial charge in [0.2, 0.25) is 10.0 Å². The van der Waals surface area contributed by atoms with E-state index < -0.39 is 10.0 Å². The largest absolute Gasteiger partial charge is 0.244 e. The van der Waals surface area contributed by atoms with Crippen LogP contribution in [0.15, 0.2) is 43.7 Å². The third kappa shape index (κ3) is 2.87. The van der Waals surface area contributed by atoms with Gasteiger partial charge in [0.25, 0.3) is 0 Å². The van der Waals surface area contributed by atoms with Crippen LogP contribution in [0, 0.1) is 0 Å². The van der Waals surface area contributed by atoms with Gasteiger partial charge in [-0.05, 0) is 47.5 Å². The molecule has 1 aliphatic rings. The highest BCUT2D eigenvalue weighted by Gasteiger charge is 2.27. The normalized spacial score (nSPS) is 17.6. The highest BCUT2D eigenvalue weighted by molar-refractivity contribution is 9.11. The van der Waals surface area contributed by atoms with Gasteiger partial charge in [-0.3, -0.25) is 0 Å². The second-order valence-electron chi connectivity index (χ2n) is 4.24. The van der Waals surface area contributed by atoms with Gasteiger partial charge in [-0.1, -0.05) is 27.6 Å². The van der Waals surface area contributed by atoms with E-state index in [-0.39, 0.29) is 0 Å². The summed E-state index contributed by atoms with van der Waals surface area (Å²) < 4.78 is 27.9. The Morgan fingerprint density at radius 1 is 1.28 bits per heavy atom. The molecule has 2 rings (SSSR count). The fourth-order valence-electron chi connectivity index (χ4n) is 1.79. The maximum absolute atomic E-state index is 12.5. The van der Waals surface area contributed by atoms with Crippen LogP contribution in [0.2, 0.25) is 0 Å². The Bertz CT molecular complexity index is 596. The molecule has 0 saturated carbocycles. The molecule has 0 saturated heterocycles. The molecule has 1 aliphatic heterocycles. The van der Waals surface area contributed by atoms with E-state index in [0.717, 1.165) is 10.9 Å². The Labute approximate surface area is 124 Å². The van der Waals surface area contributed by atoms with Crippen LogP contribution in [-0.2, 0) is 10.0 Å². The van der Waals surface area contributed by atoms with Crippen molar-refractivity contribution in [3.05, 3.63) is 38.8 Å². The molecule has 98 valence electrons. The molecule has 0 fully saturated rings. The summed E-state index contributed by atoms with van der Waals surface area (Å²) in [5.74, 6) is 0. The van der Waals surface area contributed by atoms with E-state index in [0.29, 0.717) is 22.5 Å². The van der Waals surface area contributed by atoms with Gasteiger partial charge in [0.15, 0.2) is 0 Å². The average Bonchev–Trinajstić information content (AvgIpc) is 2.29. The molecule has 0 N–H and O–H groups in total. The van der Waals surface area contributed by atoms with Crippen LogP contribution >= 0.6 is 31.9 Å². The molecule has 0 unspecified atom stereocenters. The zero-order chi connectivity index (χ0) is 13.3. The third-order valence-electron chi connectivity index (χ3n) is 2.91. The van der Waals surface area contributed by atoms with Gasteiger partial charge in [0.05, 0.1) is 4.90 Å². The Balaban J connectivity index is 2.37. The zero-order valence-electron chi connectivity index (χ0n) is 9.86. The number of hydrogen-bond acceptors (Lipinski definition) is 2. The van der Waals surface area contributed by atoms with Crippen LogP contribution in [0.3, 0.4) is 0 Å². The molecule has 0 bridgehead atoms. The predicted octanol–water partition coefficient (Wildman–Crippen LogP) is 3.55. The van der Waals surface area contributed by atoms with Gasteiger partial charge in [-0.2, -0.15) is 4.31 Å². The number of sulfonamides is 1. The van der Waals surface area contributed by atoms with Crippen molar-refractivity contribution in [3.8, 4) is 0 Å². The molecule has 0 aliphatic carbocycles. The Hall–Kier alpha value is -0.170. The second-order valence-corrected chi connectivity index (χ2v) is 7.91. The SMILES string of the molecule is CC1=CCN(S(=O)(=O)c2ccc(Br)cc2Br)CC1. The van der Waals surface area contributed by atoms with Crippen molar-refractivity contribution in [2.45, 2.75) is 18.2 Å². The molecule has 0 amide bonds. The van der Waals surface area contributed by atoms with Crippen LogP contribution in [0.25, 0.3) is 0 Å². The van der Waals surface area contributed by atoms with Crippen molar-refractivity contribution in [2.24, 2.45) is 0 Å². The molecule has 1 heterocycles. The maximum Gasteiger partial charge on any atom is 0.244 e. The van der Waals surface area contributed by atoms with Crippen molar-refractivity contribution in [1.82, 2.24) is 4.31 Å². The van der Waals surface area contributed by atoms with E-state index in [1.807, 2.05) is 13.0 Å². The number of rotatable bonds is 2. The van der Waals surface area contributed by atoms with Crippen molar-refractivity contribution in [3.63, 3.8) is 0 Å². The van der Waals surface area contributed by atoms with Crippen molar-refractivity contribution in [2.75, 3.05) is 13.1 Å². The Kier molecular flexibility index (Phi) is 4.31. The summed E-state index contributed by atoms with van der Waals surface area (Å²) in [7, 11) is -3.41. The molecule has 6 heteroatoms. The first-order chi connectivity index (χ1) is 8.41. The van der Waals surface area contributed by atoms with Gasteiger partial charge < -0.3 is 0 Å². The van der Waals surface area contributed by atoms with Crippen LogP contribution in [0.1, 0.15) is 13.3 Å². The number of hydrogen-bond donors (Lipinski definition) is 0. The minimum Gasteiger partial charge on any atom is -0.207 e. The lowest BCUT2D eigenvalue weighted by atomic mass is 10.1. The number of halogens is 2. The minimum atomic E-state index is -3.41. The molecule has 3 nitrogen and oxygen atoms in total. The summed E-state index contributed by atoms with van der Waals surface area (Å²) in [5, 5.41) is 0. The van der Waals surface area contributed by atoms with E-state index in [1.165, 1.54) is 9.88 Å². The van der Waals surface area contributed by atoms with Crippen molar-refractivity contribution in [1.29, 1.82) is 0 Å². The predicted molar refractivity (Wildman–Crippen MR) is 79.0 cm³/mol. The van der Waals surface area contributed by atoms with Gasteiger partial charge in [-0.15, -0.1) is 0 Å². The standard InChI is InChI=1S/C12H13Br2NO2S/c1-9-4-6-15(7-5-9)18(16,17)12-3-2-10(13)8-11(12)14/h2-4,8H,5-7H2,1H3. The first-order valence-electron chi connectivity index (χ1n) is 5.52. The van der Waals surface area contributed by atoms with E-state index in [9.17, 15) is 8.42 Å². The maximum atomic E-state index is 12.5. The summed E-state index contributed by atoms with van der Waals surface area (Å²) in [5.41, 5.74) is 1.25. The fourth-order valence-corrected chi connectivity index (χ4v) is 4.88. The summed E-state index contributed by atoms with van der Waals surface area (Å²) in [6.07, 6.45) is 2.77. The van der Waals surface area contributed by atoms with E-state index in [2.05, 4.69) is 31.9 Å². The first kappa shape index (κ1) is 14.2. The van der Waals surface area contributed by atoms with Crippen LogP contribution < -0.4 is 0 Å². The molecule has 0 radical (unpaired) electrons. The lowest BCUT2D eigenvalue weighted by Crippen LogP contribution is -2.34. The Morgan fingerprint density at radius 2 is 2.00 bits per heavy atom. The lowest BCUT2D eigenvalue weighted by molar-refractivity contribution is 0.431. The van der Waals surface area contributed by atoms with Crippen LogP contribution in [0.4, 0.5) is 0 Å². The van der Waals surface area contributed by atoms with E-state index in [4.69, 9.17) is 0 Å². The number of benzene rings is 1. The summed E-state index contributed by atoms with van der Waals surface area (Å²) in [6.45, 7) is 3.03. The Morgan fingerprint density at radius 3 is 2.56 bits per heavy atom. The quantitative estimate of drug-likeness (QED) is 0.719. The molecule has 0 aromatic heterocycles. The molecule has 18 heavy (non-hydrogen) atoms. The molecule has 0 atom stereocenters. The van der Waals surface area contributed by atoms with E-state index >= 15 is 0 Å². The van der Waals surface area contributed by atoms with Gasteiger partial charge in [0.1, 0.15) is 0 Å². The number of nitrogens with zero attached hydrogens (tertiary/aromatic N) is 1. The molecule has 1 aromatic carbocycles. The minimum absolute atomic E-state index is 0.318. The summed E-state index contributed by atoms with van der Waals surface area (Å²) in [6, 6.07) is 5.11. The van der Waals surface area contributed by atoms with E-state index in [1.54, 1.807) is 18.2 Å². The van der Waals surface area contributed by atoms with Crippen molar-refractivity contribution < 1.29 is 8.42 Å². The van der Waals surface area contributed by atoms with Gasteiger partial charge in [0, 0.05) is 22.0 Å². The molecular weight excluding hydrogens is 382 g/mol. The summed E-state index contributed by atoms with van der Waals surface area (Å²) >= 11 is 6.63. The van der Waals surface area contributed by atoms with Gasteiger partial charge in [-0.25, -0.2) is 8.42 Å². The van der Waals surface area contributed by atoms with Crippen molar-refractivity contribution >= 4 is 41.9 Å². The molecular formula is C12H13Br2NO2S. The molecule has 0 spiro atoms. The lowest BCUT2D eigenvalue weighted by Gasteiger charge is -2.25. The van der Waals surface area contributed by atoms with Crippen LogP contribution in [-0.4, -0.2) is 25.8 Å². The average molecular weight is 395 g/mol. The van der Waals surface area contributed by atoms with Crippen LogP contribution in [0.5, 0.6) is 0 Å². The smallest absolute Gasteiger partial charge is 0.207 e. The monoisotopic (exact) mass is 393 g/mol. The topological polar surface area (TPSA) is 37.4 Å². The zero-order valence-corrected chi connectivity index (χ0v) is 13.8. The first-order valence-corrected chi connectivity index (χ1v) is 8.55. The highest BCUT2D eigenvalue weighted by atomic mass is 79.9. The van der Waals surface area contributed by atoms with Gasteiger partial charge >= 0.3 is 0 Å². The fraction of sp³-hybridized carbons (Fsp3) is 0.333. The third-order valence-corrected chi connectivity index (χ3v) is 6.25. The second kappa shape index (κ2) is 5.45. The highest BCUT2D eigenvalue weighted by Crippen LogP contribution is 2.29. The summed E-state index contributed by atoms with van der Waals surface area (Å²) in [4.78, 5) is 0.318. The molecule has 1 aromatic rings.